The summed E-state index contributed by atoms with van der Waals surface area (Å²) in [6, 6.07) is 13.7. The molecule has 0 atom stereocenters. The Labute approximate surface area is 120 Å². The number of nitrogens with two attached hydrogens (primary N) is 1. The van der Waals surface area contributed by atoms with E-state index in [0.29, 0.717) is 13.2 Å². The van der Waals surface area contributed by atoms with Crippen molar-refractivity contribution in [2.45, 2.75) is 26.9 Å². The molecular weight excluding hydrogens is 250 g/mol. The molecule has 0 fully saturated rings. The number of ether oxygens (including phenoxy) is 2. The first kappa shape index (κ1) is 14.3. The minimum Gasteiger partial charge on any atom is -0.493 e. The fourth-order valence-electron chi connectivity index (χ4n) is 2.10. The summed E-state index contributed by atoms with van der Waals surface area (Å²) in [5.74, 6) is 1.75. The molecule has 0 aromatic heterocycles. The molecular formula is C17H21NO2. The van der Waals surface area contributed by atoms with E-state index in [2.05, 4.69) is 13.0 Å². The number of hydrogen-bond acceptors (Lipinski definition) is 3. The standard InChI is InChI=1S/C17H21NO2/c1-3-13-7-5-6-8-16(13)20-12-14-11-15(18)9-10-17(14)19-4-2/h5-11H,3-4,12,18H2,1-2H3. The van der Waals surface area contributed by atoms with Crippen molar-refractivity contribution in [3.05, 3.63) is 53.6 Å². The quantitative estimate of drug-likeness (QED) is 0.812. The summed E-state index contributed by atoms with van der Waals surface area (Å²) in [5.41, 5.74) is 8.73. The van der Waals surface area contributed by atoms with Gasteiger partial charge in [0.05, 0.1) is 6.61 Å². The molecule has 2 rings (SSSR count). The normalized spacial score (nSPS) is 10.3. The number of nitrogen functional groups attached to an aromatic ring is 1. The highest BCUT2D eigenvalue weighted by atomic mass is 16.5. The Morgan fingerprint density at radius 1 is 0.900 bits per heavy atom. The van der Waals surface area contributed by atoms with Crippen LogP contribution in [0.4, 0.5) is 5.69 Å². The van der Waals surface area contributed by atoms with Gasteiger partial charge in [-0.05, 0) is 43.2 Å². The van der Waals surface area contributed by atoms with Gasteiger partial charge in [-0.2, -0.15) is 0 Å². The van der Waals surface area contributed by atoms with E-state index in [4.69, 9.17) is 15.2 Å². The van der Waals surface area contributed by atoms with Gasteiger partial charge in [-0.25, -0.2) is 0 Å². The Hall–Kier alpha value is -2.16. The van der Waals surface area contributed by atoms with Gasteiger partial charge in [-0.3, -0.25) is 0 Å². The highest BCUT2D eigenvalue weighted by molar-refractivity contribution is 5.48. The third-order valence-electron chi connectivity index (χ3n) is 3.12. The Kier molecular flexibility index (Phi) is 4.88. The van der Waals surface area contributed by atoms with E-state index in [1.165, 1.54) is 5.56 Å². The van der Waals surface area contributed by atoms with E-state index >= 15 is 0 Å². The lowest BCUT2D eigenvalue weighted by atomic mass is 10.1. The zero-order chi connectivity index (χ0) is 14.4. The second-order valence-electron chi connectivity index (χ2n) is 4.55. The van der Waals surface area contributed by atoms with E-state index in [9.17, 15) is 0 Å². The molecule has 2 N–H and O–H groups in total. The zero-order valence-electron chi connectivity index (χ0n) is 12.1. The molecule has 2 aromatic carbocycles. The Balaban J connectivity index is 2.15. The minimum absolute atomic E-state index is 0.456. The molecule has 106 valence electrons. The van der Waals surface area contributed by atoms with Crippen LogP contribution in [0, 0.1) is 0 Å². The van der Waals surface area contributed by atoms with Crippen molar-refractivity contribution in [3.63, 3.8) is 0 Å². The van der Waals surface area contributed by atoms with Gasteiger partial charge in [0.15, 0.2) is 0 Å². The molecule has 20 heavy (non-hydrogen) atoms. The summed E-state index contributed by atoms with van der Waals surface area (Å²) < 4.78 is 11.5. The molecule has 0 saturated heterocycles. The first-order chi connectivity index (χ1) is 9.74. The molecule has 0 saturated carbocycles. The van der Waals surface area contributed by atoms with Crippen LogP contribution in [0.25, 0.3) is 0 Å². The van der Waals surface area contributed by atoms with Crippen LogP contribution in [0.3, 0.4) is 0 Å². The molecule has 3 heteroatoms. The lowest BCUT2D eigenvalue weighted by Gasteiger charge is -2.14. The Bertz CT molecular complexity index is 567. The van der Waals surface area contributed by atoms with Gasteiger partial charge >= 0.3 is 0 Å². The van der Waals surface area contributed by atoms with Crippen LogP contribution in [-0.4, -0.2) is 6.61 Å². The van der Waals surface area contributed by atoms with E-state index in [-0.39, 0.29) is 0 Å². The first-order valence-corrected chi connectivity index (χ1v) is 6.96. The summed E-state index contributed by atoms with van der Waals surface area (Å²) in [7, 11) is 0. The topological polar surface area (TPSA) is 44.5 Å². The van der Waals surface area contributed by atoms with E-state index < -0.39 is 0 Å². The van der Waals surface area contributed by atoms with Gasteiger partial charge in [0, 0.05) is 11.3 Å². The number of benzene rings is 2. The summed E-state index contributed by atoms with van der Waals surface area (Å²) in [4.78, 5) is 0. The number of para-hydroxylation sites is 1. The highest BCUT2D eigenvalue weighted by Gasteiger charge is 2.07. The van der Waals surface area contributed by atoms with Crippen LogP contribution < -0.4 is 15.2 Å². The third-order valence-corrected chi connectivity index (χ3v) is 3.12. The maximum absolute atomic E-state index is 5.92. The molecule has 0 spiro atoms. The predicted molar refractivity (Wildman–Crippen MR) is 82.2 cm³/mol. The van der Waals surface area contributed by atoms with E-state index in [1.807, 2.05) is 43.3 Å². The second kappa shape index (κ2) is 6.85. The largest absolute Gasteiger partial charge is 0.493 e. The first-order valence-electron chi connectivity index (χ1n) is 6.96. The lowest BCUT2D eigenvalue weighted by Crippen LogP contribution is -2.03. The van der Waals surface area contributed by atoms with Crippen molar-refractivity contribution in [2.75, 3.05) is 12.3 Å². The predicted octanol–water partition coefficient (Wildman–Crippen LogP) is 3.81. The Morgan fingerprint density at radius 2 is 1.65 bits per heavy atom. The molecule has 0 bridgehead atoms. The van der Waals surface area contributed by atoms with E-state index in [1.54, 1.807) is 0 Å². The van der Waals surface area contributed by atoms with Crippen molar-refractivity contribution in [1.29, 1.82) is 0 Å². The molecule has 0 heterocycles. The zero-order valence-corrected chi connectivity index (χ0v) is 12.1. The van der Waals surface area contributed by atoms with Gasteiger partial charge in [0.25, 0.3) is 0 Å². The monoisotopic (exact) mass is 271 g/mol. The van der Waals surface area contributed by atoms with Crippen LogP contribution in [0.1, 0.15) is 25.0 Å². The molecule has 0 unspecified atom stereocenters. The van der Waals surface area contributed by atoms with Crippen molar-refractivity contribution in [2.24, 2.45) is 0 Å². The number of rotatable bonds is 6. The van der Waals surface area contributed by atoms with Gasteiger partial charge in [-0.15, -0.1) is 0 Å². The van der Waals surface area contributed by atoms with E-state index in [0.717, 1.165) is 29.2 Å². The fourth-order valence-corrected chi connectivity index (χ4v) is 2.10. The average molecular weight is 271 g/mol. The van der Waals surface area contributed by atoms with Gasteiger partial charge in [-0.1, -0.05) is 25.1 Å². The maximum Gasteiger partial charge on any atom is 0.126 e. The lowest BCUT2D eigenvalue weighted by molar-refractivity contribution is 0.284. The van der Waals surface area contributed by atoms with Crippen LogP contribution in [0.2, 0.25) is 0 Å². The minimum atomic E-state index is 0.456. The van der Waals surface area contributed by atoms with Crippen molar-refractivity contribution >= 4 is 5.69 Å². The SMILES string of the molecule is CCOc1ccc(N)cc1COc1ccccc1CC. The summed E-state index contributed by atoms with van der Waals surface area (Å²) in [6.07, 6.45) is 0.950. The van der Waals surface area contributed by atoms with Crippen LogP contribution in [0.15, 0.2) is 42.5 Å². The highest BCUT2D eigenvalue weighted by Crippen LogP contribution is 2.25. The van der Waals surface area contributed by atoms with Crippen molar-refractivity contribution < 1.29 is 9.47 Å². The third kappa shape index (κ3) is 3.44. The number of anilines is 1. The summed E-state index contributed by atoms with van der Waals surface area (Å²) in [5, 5.41) is 0. The molecule has 0 aliphatic rings. The van der Waals surface area contributed by atoms with Crippen molar-refractivity contribution in [1.82, 2.24) is 0 Å². The molecule has 3 nitrogen and oxygen atoms in total. The average Bonchev–Trinajstić information content (AvgIpc) is 2.48. The van der Waals surface area contributed by atoms with Crippen LogP contribution in [0.5, 0.6) is 11.5 Å². The van der Waals surface area contributed by atoms with Crippen LogP contribution in [-0.2, 0) is 13.0 Å². The van der Waals surface area contributed by atoms with Gasteiger partial charge in [0.2, 0.25) is 0 Å². The molecule has 2 aromatic rings. The molecule has 0 aliphatic heterocycles. The maximum atomic E-state index is 5.92. The molecule has 0 aliphatic carbocycles. The van der Waals surface area contributed by atoms with Crippen LogP contribution >= 0.6 is 0 Å². The molecule has 0 amide bonds. The summed E-state index contributed by atoms with van der Waals surface area (Å²) in [6.45, 7) is 5.17. The second-order valence-corrected chi connectivity index (χ2v) is 4.55. The molecule has 0 radical (unpaired) electrons. The van der Waals surface area contributed by atoms with Gasteiger partial charge < -0.3 is 15.2 Å². The van der Waals surface area contributed by atoms with Gasteiger partial charge in [0.1, 0.15) is 18.1 Å². The number of aryl methyl sites for hydroxylation is 1. The fraction of sp³-hybridized carbons (Fsp3) is 0.294. The van der Waals surface area contributed by atoms with Crippen molar-refractivity contribution in [3.8, 4) is 11.5 Å². The Morgan fingerprint density at radius 3 is 2.40 bits per heavy atom. The smallest absolute Gasteiger partial charge is 0.126 e. The number of hydrogen-bond donors (Lipinski definition) is 1. The summed E-state index contributed by atoms with van der Waals surface area (Å²) >= 11 is 0.